The van der Waals surface area contributed by atoms with Gasteiger partial charge in [-0.25, -0.2) is 9.13 Å². The van der Waals surface area contributed by atoms with Gasteiger partial charge < -0.3 is 33.8 Å². The number of rotatable bonds is 71. The van der Waals surface area contributed by atoms with E-state index in [1.807, 2.05) is 0 Å². The molecular formula is C74H144O17P2. The van der Waals surface area contributed by atoms with Crippen molar-refractivity contribution in [2.24, 2.45) is 23.7 Å². The molecule has 17 nitrogen and oxygen atoms in total. The Balaban J connectivity index is 5.22. The molecule has 0 aliphatic carbocycles. The molecule has 0 aromatic carbocycles. The Labute approximate surface area is 568 Å². The fourth-order valence-corrected chi connectivity index (χ4v) is 12.7. The van der Waals surface area contributed by atoms with Gasteiger partial charge in [-0.2, -0.15) is 0 Å². The predicted molar refractivity (Wildman–Crippen MR) is 377 cm³/mol. The van der Waals surface area contributed by atoms with E-state index in [2.05, 4.69) is 55.4 Å². The molecule has 0 aliphatic heterocycles. The first kappa shape index (κ1) is 91.1. The molecule has 0 aromatic rings. The van der Waals surface area contributed by atoms with Crippen molar-refractivity contribution in [2.45, 2.75) is 388 Å². The van der Waals surface area contributed by atoms with Crippen molar-refractivity contribution in [3.63, 3.8) is 0 Å². The maximum absolute atomic E-state index is 13.1. The molecule has 6 atom stereocenters. The van der Waals surface area contributed by atoms with E-state index in [-0.39, 0.29) is 25.7 Å². The molecule has 93 heavy (non-hydrogen) atoms. The van der Waals surface area contributed by atoms with E-state index in [1.54, 1.807) is 0 Å². The summed E-state index contributed by atoms with van der Waals surface area (Å²) in [5.41, 5.74) is 0. The monoisotopic (exact) mass is 1370 g/mol. The predicted octanol–water partition coefficient (Wildman–Crippen LogP) is 21.3. The van der Waals surface area contributed by atoms with Gasteiger partial charge in [0, 0.05) is 25.7 Å². The summed E-state index contributed by atoms with van der Waals surface area (Å²) in [6.07, 6.45) is 47.5. The van der Waals surface area contributed by atoms with E-state index in [1.165, 1.54) is 167 Å². The summed E-state index contributed by atoms with van der Waals surface area (Å²) in [7, 11) is -9.91. The number of aliphatic hydroxyl groups excluding tert-OH is 1. The van der Waals surface area contributed by atoms with Crippen molar-refractivity contribution >= 4 is 39.5 Å². The smallest absolute Gasteiger partial charge is 0.462 e. The summed E-state index contributed by atoms with van der Waals surface area (Å²) < 4.78 is 68.4. The second kappa shape index (κ2) is 63.5. The third-order valence-electron chi connectivity index (χ3n) is 17.4. The van der Waals surface area contributed by atoms with E-state index in [9.17, 15) is 43.2 Å². The third kappa shape index (κ3) is 67.0. The molecule has 0 spiro atoms. The van der Waals surface area contributed by atoms with Gasteiger partial charge in [0.2, 0.25) is 0 Å². The summed E-state index contributed by atoms with van der Waals surface area (Å²) in [5.74, 6) is 0.865. The van der Waals surface area contributed by atoms with Crippen LogP contribution in [0.1, 0.15) is 370 Å². The van der Waals surface area contributed by atoms with Crippen molar-refractivity contribution < 1.29 is 80.2 Å². The molecule has 19 heteroatoms. The van der Waals surface area contributed by atoms with Gasteiger partial charge in [0.05, 0.1) is 26.4 Å². The molecule has 0 radical (unpaired) electrons. The lowest BCUT2D eigenvalue weighted by Crippen LogP contribution is -2.30. The van der Waals surface area contributed by atoms with Crippen LogP contribution in [0.2, 0.25) is 0 Å². The molecule has 0 aliphatic rings. The average molecular weight is 1370 g/mol. The van der Waals surface area contributed by atoms with E-state index in [0.717, 1.165) is 114 Å². The summed E-state index contributed by atoms with van der Waals surface area (Å²) in [6, 6.07) is 0. The molecule has 0 bridgehead atoms. The maximum atomic E-state index is 13.1. The fourth-order valence-electron chi connectivity index (χ4n) is 11.2. The van der Waals surface area contributed by atoms with Crippen LogP contribution >= 0.6 is 15.6 Å². The van der Waals surface area contributed by atoms with E-state index in [4.69, 9.17) is 37.0 Å². The number of hydrogen-bond acceptors (Lipinski definition) is 15. The van der Waals surface area contributed by atoms with Crippen molar-refractivity contribution in [1.29, 1.82) is 0 Å². The van der Waals surface area contributed by atoms with Crippen LogP contribution < -0.4 is 0 Å². The standard InChI is InChI=1S/C74H144O17P2/c1-9-67(8)53-45-37-31-33-39-47-55-72(77)85-61-70(91-74(79)57-49-41-32-30-36-44-52-66(6)7)63-89-93(82,83)87-59-68(75)58-86-92(80,81)88-62-69(60-84-71(76)54-46-38-28-24-20-17-13-15-19-23-27-35-43-51-65(4)5)90-73(78)56-48-40-29-25-21-16-12-10-11-14-18-22-26-34-42-50-64(2)3/h64-70,75H,9-63H2,1-8H3,(H,80,81)(H,82,83)/t67?,68-,69-,70-/m1/s1. The highest BCUT2D eigenvalue weighted by Crippen LogP contribution is 2.45. The van der Waals surface area contributed by atoms with Crippen LogP contribution in [0.15, 0.2) is 0 Å². The Hall–Kier alpha value is -1.94. The van der Waals surface area contributed by atoms with Crippen LogP contribution in [-0.2, 0) is 65.4 Å². The van der Waals surface area contributed by atoms with Crippen molar-refractivity contribution in [3.8, 4) is 0 Å². The van der Waals surface area contributed by atoms with Gasteiger partial charge in [0.15, 0.2) is 12.2 Å². The second-order valence-corrected chi connectivity index (χ2v) is 31.3. The maximum Gasteiger partial charge on any atom is 0.472 e. The van der Waals surface area contributed by atoms with Crippen LogP contribution in [0.3, 0.4) is 0 Å². The summed E-state index contributed by atoms with van der Waals surface area (Å²) in [4.78, 5) is 72.6. The first-order valence-corrected chi connectivity index (χ1v) is 41.2. The molecular weight excluding hydrogens is 1220 g/mol. The topological polar surface area (TPSA) is 237 Å². The van der Waals surface area contributed by atoms with Crippen molar-refractivity contribution in [3.05, 3.63) is 0 Å². The second-order valence-electron chi connectivity index (χ2n) is 28.4. The SMILES string of the molecule is CCC(C)CCCCCCCCC(=O)OC[C@H](COP(=O)(O)OC[C@H](O)COP(=O)(O)OC[C@@H](COC(=O)CCCCCCCCCCCCCCCC(C)C)OC(=O)CCCCCCCCCCCCCCCCCC(C)C)OC(=O)CCCCCCCCC(C)C. The zero-order chi connectivity index (χ0) is 68.9. The molecule has 3 unspecified atom stereocenters. The molecule has 552 valence electrons. The fraction of sp³-hybridized carbons (Fsp3) is 0.946. The molecule has 0 saturated carbocycles. The number of esters is 4. The highest BCUT2D eigenvalue weighted by Gasteiger charge is 2.30. The lowest BCUT2D eigenvalue weighted by Gasteiger charge is -2.21. The van der Waals surface area contributed by atoms with E-state index >= 15 is 0 Å². The van der Waals surface area contributed by atoms with E-state index in [0.29, 0.717) is 31.6 Å². The Morgan fingerprint density at radius 1 is 0.301 bits per heavy atom. The highest BCUT2D eigenvalue weighted by molar-refractivity contribution is 7.47. The number of aliphatic hydroxyl groups is 1. The third-order valence-corrected chi connectivity index (χ3v) is 19.3. The van der Waals surface area contributed by atoms with Crippen LogP contribution in [-0.4, -0.2) is 96.7 Å². The molecule has 0 saturated heterocycles. The Morgan fingerprint density at radius 2 is 0.516 bits per heavy atom. The van der Waals surface area contributed by atoms with Gasteiger partial charge in [-0.15, -0.1) is 0 Å². The molecule has 0 aromatic heterocycles. The number of unbranched alkanes of at least 4 members (excludes halogenated alkanes) is 36. The molecule has 0 amide bonds. The minimum atomic E-state index is -4.96. The number of phosphoric ester groups is 2. The van der Waals surface area contributed by atoms with Crippen molar-refractivity contribution in [1.82, 2.24) is 0 Å². The Bertz CT molecular complexity index is 1840. The molecule has 0 fully saturated rings. The van der Waals surface area contributed by atoms with Gasteiger partial charge >= 0.3 is 39.5 Å². The van der Waals surface area contributed by atoms with Crippen LogP contribution in [0.5, 0.6) is 0 Å². The summed E-state index contributed by atoms with van der Waals surface area (Å²) in [5, 5.41) is 10.6. The number of carbonyl (C=O) groups is 4. The zero-order valence-electron chi connectivity index (χ0n) is 60.9. The highest BCUT2D eigenvalue weighted by atomic mass is 31.2. The molecule has 0 rings (SSSR count). The largest absolute Gasteiger partial charge is 0.472 e. The minimum absolute atomic E-state index is 0.101. The van der Waals surface area contributed by atoms with Gasteiger partial charge in [0.1, 0.15) is 19.3 Å². The number of hydrogen-bond donors (Lipinski definition) is 3. The van der Waals surface area contributed by atoms with Gasteiger partial charge in [-0.1, -0.05) is 319 Å². The van der Waals surface area contributed by atoms with Gasteiger partial charge in [0.25, 0.3) is 0 Å². The quantitative estimate of drug-likeness (QED) is 0.0222. The normalized spacial score (nSPS) is 14.5. The van der Waals surface area contributed by atoms with Crippen LogP contribution in [0, 0.1) is 23.7 Å². The molecule has 0 heterocycles. The van der Waals surface area contributed by atoms with Crippen LogP contribution in [0.4, 0.5) is 0 Å². The van der Waals surface area contributed by atoms with Gasteiger partial charge in [-0.05, 0) is 49.4 Å². The number of phosphoric acid groups is 2. The Kier molecular flexibility index (Phi) is 62.2. The number of ether oxygens (including phenoxy) is 4. The summed E-state index contributed by atoms with van der Waals surface area (Å²) in [6.45, 7) is 14.1. The average Bonchev–Trinajstić information content (AvgIpc) is 1.98. The zero-order valence-corrected chi connectivity index (χ0v) is 62.7. The lowest BCUT2D eigenvalue weighted by atomic mass is 10.00. The van der Waals surface area contributed by atoms with Crippen molar-refractivity contribution in [2.75, 3.05) is 39.6 Å². The van der Waals surface area contributed by atoms with Gasteiger partial charge in [-0.3, -0.25) is 37.3 Å². The first-order chi connectivity index (χ1) is 44.6. The summed E-state index contributed by atoms with van der Waals surface area (Å²) >= 11 is 0. The number of carbonyl (C=O) groups excluding carboxylic acids is 4. The lowest BCUT2D eigenvalue weighted by molar-refractivity contribution is -0.161. The minimum Gasteiger partial charge on any atom is -0.462 e. The molecule has 3 N–H and O–H groups in total. The van der Waals surface area contributed by atoms with Crippen LogP contribution in [0.25, 0.3) is 0 Å². The first-order valence-electron chi connectivity index (χ1n) is 38.2. The van der Waals surface area contributed by atoms with E-state index < -0.39 is 97.5 Å². The Morgan fingerprint density at radius 3 is 0.763 bits per heavy atom.